The van der Waals surface area contributed by atoms with E-state index in [0.717, 1.165) is 0 Å². The molecule has 0 saturated carbocycles. The van der Waals surface area contributed by atoms with Crippen molar-refractivity contribution in [1.29, 1.82) is 5.26 Å². The lowest BCUT2D eigenvalue weighted by Gasteiger charge is -1.99. The molecule has 0 aliphatic rings. The van der Waals surface area contributed by atoms with Gasteiger partial charge in [0.05, 0.1) is 11.1 Å². The van der Waals surface area contributed by atoms with E-state index in [1.807, 2.05) is 6.07 Å². The molecule has 2 heterocycles. The van der Waals surface area contributed by atoms with Crippen LogP contribution in [0.3, 0.4) is 0 Å². The summed E-state index contributed by atoms with van der Waals surface area (Å²) in [7, 11) is 0. The van der Waals surface area contributed by atoms with E-state index in [2.05, 4.69) is 16.5 Å². The number of aromatic nitrogens is 2. The van der Waals surface area contributed by atoms with Crippen molar-refractivity contribution in [2.24, 2.45) is 0 Å². The van der Waals surface area contributed by atoms with Crippen LogP contribution in [-0.4, -0.2) is 15.1 Å². The third-order valence-corrected chi connectivity index (χ3v) is 3.84. The Hall–Kier alpha value is -4.05. The number of aromatic amines is 1. The van der Waals surface area contributed by atoms with Crippen LogP contribution < -0.4 is 16.5 Å². The first-order valence-electron chi connectivity index (χ1n) is 7.57. The molecule has 0 unspecified atom stereocenters. The Morgan fingerprint density at radius 1 is 1.23 bits per heavy atom. The smallest absolute Gasteiger partial charge is 0.417 e. The molecule has 2 N–H and O–H groups in total. The summed E-state index contributed by atoms with van der Waals surface area (Å²) in [4.78, 5) is 17.9. The number of nitrogens with zero attached hydrogens (tertiary/aromatic N) is 2. The van der Waals surface area contributed by atoms with E-state index in [1.165, 1.54) is 6.08 Å². The van der Waals surface area contributed by atoms with Gasteiger partial charge in [-0.2, -0.15) is 5.26 Å². The number of fused-ring (bicyclic) bond motifs is 2. The molecule has 7 nitrogen and oxygen atoms in total. The number of benzene rings is 2. The van der Waals surface area contributed by atoms with Crippen LogP contribution in [0.25, 0.3) is 40.6 Å². The Bertz CT molecular complexity index is 1400. The van der Waals surface area contributed by atoms with Crippen LogP contribution in [0, 0.1) is 11.3 Å². The molecule has 0 atom stereocenters. The lowest BCUT2D eigenvalue weighted by Crippen LogP contribution is -2.06. The second-order valence-electron chi connectivity index (χ2n) is 5.58. The summed E-state index contributed by atoms with van der Waals surface area (Å²) in [5.74, 6) is -0.751. The lowest BCUT2D eigenvalue weighted by molar-refractivity contribution is 0.508. The van der Waals surface area contributed by atoms with Crippen molar-refractivity contribution in [3.63, 3.8) is 0 Å². The van der Waals surface area contributed by atoms with Crippen LogP contribution in [0.2, 0.25) is 0 Å². The molecule has 0 radical (unpaired) electrons. The highest BCUT2D eigenvalue weighted by atomic mass is 16.4. The van der Waals surface area contributed by atoms with E-state index in [0.29, 0.717) is 33.0 Å². The predicted molar refractivity (Wildman–Crippen MR) is 95.2 cm³/mol. The van der Waals surface area contributed by atoms with Crippen molar-refractivity contribution < 1.29 is 13.9 Å². The minimum absolute atomic E-state index is 0.0592. The Morgan fingerprint density at radius 3 is 2.88 bits per heavy atom. The summed E-state index contributed by atoms with van der Waals surface area (Å²) in [5, 5.41) is 20.3. The number of aliphatic hydroxyl groups excluding tert-OH is 1. The van der Waals surface area contributed by atoms with Gasteiger partial charge in [-0.15, -0.1) is 0 Å². The Balaban J connectivity index is 1.85. The van der Waals surface area contributed by atoms with Crippen molar-refractivity contribution in [3.05, 3.63) is 68.8 Å². The second kappa shape index (κ2) is 5.79. The molecule has 0 aliphatic carbocycles. The molecule has 0 aliphatic heterocycles. The molecule has 0 fully saturated rings. The van der Waals surface area contributed by atoms with Gasteiger partial charge in [0.15, 0.2) is 11.2 Å². The normalized spacial score (nSPS) is 13.1. The Morgan fingerprint density at radius 2 is 2.08 bits per heavy atom. The molecule has 7 heteroatoms. The average Bonchev–Trinajstić information content (AvgIpc) is 3.18. The number of hydrogen-bond acceptors (Lipinski definition) is 6. The minimum atomic E-state index is -0.554. The van der Waals surface area contributed by atoms with Gasteiger partial charge < -0.3 is 13.9 Å². The predicted octanol–water partition coefficient (Wildman–Crippen LogP) is 1.95. The fourth-order valence-electron chi connectivity index (χ4n) is 2.65. The molecular formula is C19H11N3O4. The van der Waals surface area contributed by atoms with Crippen LogP contribution in [0.5, 0.6) is 0 Å². The topological polar surface area (TPSA) is 116 Å². The van der Waals surface area contributed by atoms with Gasteiger partial charge >= 0.3 is 5.76 Å². The van der Waals surface area contributed by atoms with Gasteiger partial charge in [0.25, 0.3) is 0 Å². The number of oxazole rings is 2. The van der Waals surface area contributed by atoms with Crippen molar-refractivity contribution in [1.82, 2.24) is 9.97 Å². The highest BCUT2D eigenvalue weighted by Gasteiger charge is 2.08. The summed E-state index contributed by atoms with van der Waals surface area (Å²) in [6, 6.07) is 11.8. The zero-order valence-electron chi connectivity index (χ0n) is 13.3. The van der Waals surface area contributed by atoms with E-state index in [-0.39, 0.29) is 16.9 Å². The first kappa shape index (κ1) is 15.5. The SMILES string of the molecule is C=c1nc2cc/c(=C(O)\C(C#N)=C\c3ccc4oc(=O)[nH]c4c3)cc2o1. The van der Waals surface area contributed by atoms with Crippen molar-refractivity contribution >= 4 is 40.6 Å². The van der Waals surface area contributed by atoms with Crippen molar-refractivity contribution in [2.45, 2.75) is 0 Å². The monoisotopic (exact) mass is 345 g/mol. The van der Waals surface area contributed by atoms with Crippen molar-refractivity contribution in [2.75, 3.05) is 0 Å². The quantitative estimate of drug-likeness (QED) is 0.536. The first-order chi connectivity index (χ1) is 12.5. The fraction of sp³-hybridized carbons (Fsp3) is 0. The highest BCUT2D eigenvalue weighted by molar-refractivity contribution is 5.81. The molecule has 126 valence electrons. The molecule has 4 rings (SSSR count). The van der Waals surface area contributed by atoms with Crippen LogP contribution in [0.1, 0.15) is 5.56 Å². The molecule has 0 bridgehead atoms. The molecule has 0 spiro atoms. The Kier molecular flexibility index (Phi) is 3.45. The molecule has 2 aromatic heterocycles. The molecule has 0 amide bonds. The number of H-pyrrole nitrogens is 1. The maximum Gasteiger partial charge on any atom is 0.417 e. The maximum atomic E-state index is 11.2. The van der Waals surface area contributed by atoms with Gasteiger partial charge in [-0.25, -0.2) is 9.78 Å². The standard InChI is InChI=1S/C19H11N3O4/c1-10-21-14-4-3-12(8-17(14)25-10)18(23)13(9-20)6-11-2-5-16-15(7-11)22-19(24)26-16/h2-8,23H,1H2,(H,22,24)/b13-6+,18-12-. The number of rotatable bonds is 2. The van der Waals surface area contributed by atoms with E-state index in [1.54, 1.807) is 36.4 Å². The van der Waals surface area contributed by atoms with E-state index in [9.17, 15) is 15.2 Å². The van der Waals surface area contributed by atoms with Gasteiger partial charge in [-0.1, -0.05) is 6.07 Å². The molecular weight excluding hydrogens is 334 g/mol. The van der Waals surface area contributed by atoms with Gasteiger partial charge in [-0.3, -0.25) is 4.98 Å². The van der Waals surface area contributed by atoms with Crippen LogP contribution in [0.15, 0.2) is 55.6 Å². The molecule has 0 saturated heterocycles. The van der Waals surface area contributed by atoms with E-state index >= 15 is 0 Å². The maximum absolute atomic E-state index is 11.2. The molecule has 26 heavy (non-hydrogen) atoms. The number of nitriles is 1. The lowest BCUT2D eigenvalue weighted by atomic mass is 10.1. The number of hydrogen-bond donors (Lipinski definition) is 2. The third kappa shape index (κ3) is 2.65. The zero-order valence-corrected chi connectivity index (χ0v) is 13.3. The summed E-state index contributed by atoms with van der Waals surface area (Å²) in [6.45, 7) is 3.62. The van der Waals surface area contributed by atoms with Gasteiger partial charge in [-0.05, 0) is 48.6 Å². The molecule has 2 aromatic carbocycles. The summed E-state index contributed by atoms with van der Waals surface area (Å²) in [6.07, 6.45) is 1.51. The minimum Gasteiger partial charge on any atom is -0.506 e. The zero-order chi connectivity index (χ0) is 18.3. The summed E-state index contributed by atoms with van der Waals surface area (Å²) in [5.41, 5.74) is 2.96. The third-order valence-electron chi connectivity index (χ3n) is 3.84. The highest BCUT2D eigenvalue weighted by Crippen LogP contribution is 2.17. The first-order valence-corrected chi connectivity index (χ1v) is 7.57. The van der Waals surface area contributed by atoms with Crippen LogP contribution >= 0.6 is 0 Å². The molecule has 4 aromatic rings. The van der Waals surface area contributed by atoms with E-state index < -0.39 is 5.76 Å². The average molecular weight is 345 g/mol. The number of aliphatic hydroxyl groups is 1. The van der Waals surface area contributed by atoms with Crippen molar-refractivity contribution in [3.8, 4) is 6.07 Å². The summed E-state index contributed by atoms with van der Waals surface area (Å²) < 4.78 is 10.3. The van der Waals surface area contributed by atoms with Crippen LogP contribution in [-0.2, 0) is 0 Å². The van der Waals surface area contributed by atoms with Gasteiger partial charge in [0, 0.05) is 5.22 Å². The van der Waals surface area contributed by atoms with Gasteiger partial charge in [0.1, 0.15) is 17.3 Å². The fourth-order valence-corrected chi connectivity index (χ4v) is 2.65. The largest absolute Gasteiger partial charge is 0.506 e. The van der Waals surface area contributed by atoms with E-state index in [4.69, 9.17) is 8.83 Å². The second-order valence-corrected chi connectivity index (χ2v) is 5.58. The number of nitrogens with one attached hydrogen (secondary N) is 1. The van der Waals surface area contributed by atoms with Gasteiger partial charge in [0.2, 0.25) is 5.55 Å². The summed E-state index contributed by atoms with van der Waals surface area (Å²) >= 11 is 0. The Labute approximate surface area is 145 Å². The van der Waals surface area contributed by atoms with Crippen LogP contribution in [0.4, 0.5) is 0 Å².